The molecule has 0 aliphatic heterocycles. The van der Waals surface area contributed by atoms with Gasteiger partial charge in [0.15, 0.2) is 6.10 Å². The van der Waals surface area contributed by atoms with Crippen molar-refractivity contribution in [3.05, 3.63) is 182 Å². The van der Waals surface area contributed by atoms with E-state index in [-0.39, 0.29) is 44.4 Å². The van der Waals surface area contributed by atoms with E-state index in [9.17, 15) is 14.4 Å². The Morgan fingerprint density at radius 2 is 0.575 bits per heavy atom. The first-order valence-electron chi connectivity index (χ1n) is 28.3. The highest BCUT2D eigenvalue weighted by atomic mass is 16.6. The third-order valence-electron chi connectivity index (χ3n) is 10.9. The van der Waals surface area contributed by atoms with Crippen molar-refractivity contribution in [2.75, 3.05) is 13.2 Å². The third-order valence-corrected chi connectivity index (χ3v) is 10.9. The van der Waals surface area contributed by atoms with Crippen LogP contribution in [0.15, 0.2) is 182 Å². The monoisotopic (exact) mass is 1000 g/mol. The number of unbranched alkanes of at least 4 members (excludes halogenated alkanes) is 7. The van der Waals surface area contributed by atoms with Gasteiger partial charge >= 0.3 is 17.9 Å². The first kappa shape index (κ1) is 67.5. The Balaban J connectivity index is 4.69. The molecule has 0 spiro atoms. The minimum Gasteiger partial charge on any atom is -0.462 e. The van der Waals surface area contributed by atoms with Gasteiger partial charge in [-0.15, -0.1) is 0 Å². The van der Waals surface area contributed by atoms with Crippen molar-refractivity contribution in [1.29, 1.82) is 0 Å². The lowest BCUT2D eigenvalue weighted by Gasteiger charge is -2.18. The van der Waals surface area contributed by atoms with Crippen LogP contribution in [0.2, 0.25) is 0 Å². The summed E-state index contributed by atoms with van der Waals surface area (Å²) in [6.45, 7) is 6.21. The maximum Gasteiger partial charge on any atom is 0.306 e. The van der Waals surface area contributed by atoms with E-state index in [0.717, 1.165) is 116 Å². The fourth-order valence-corrected chi connectivity index (χ4v) is 6.72. The number of carbonyl (C=O) groups excluding carboxylic acids is 3. The molecule has 0 aliphatic rings. The highest BCUT2D eigenvalue weighted by Gasteiger charge is 2.19. The summed E-state index contributed by atoms with van der Waals surface area (Å²) in [5.41, 5.74) is 0. The summed E-state index contributed by atoms with van der Waals surface area (Å²) in [6, 6.07) is 0. The van der Waals surface area contributed by atoms with Gasteiger partial charge in [-0.1, -0.05) is 222 Å². The zero-order valence-electron chi connectivity index (χ0n) is 46.1. The molecule has 0 bridgehead atoms. The van der Waals surface area contributed by atoms with Gasteiger partial charge in [0.25, 0.3) is 0 Å². The lowest BCUT2D eigenvalue weighted by molar-refractivity contribution is -0.166. The minimum absolute atomic E-state index is 0.151. The Morgan fingerprint density at radius 1 is 0.288 bits per heavy atom. The molecule has 0 fully saturated rings. The normalized spacial score (nSPS) is 13.5. The number of rotatable bonds is 48. The predicted molar refractivity (Wildman–Crippen MR) is 315 cm³/mol. The summed E-state index contributed by atoms with van der Waals surface area (Å²) in [7, 11) is 0. The van der Waals surface area contributed by atoms with E-state index in [2.05, 4.69) is 191 Å². The Kier molecular flexibility index (Phi) is 54.6. The Morgan fingerprint density at radius 3 is 0.932 bits per heavy atom. The molecule has 73 heavy (non-hydrogen) atoms. The third kappa shape index (κ3) is 57.3. The van der Waals surface area contributed by atoms with Gasteiger partial charge in [0, 0.05) is 19.3 Å². The van der Waals surface area contributed by atoms with Crippen LogP contribution in [0, 0.1) is 0 Å². The highest BCUT2D eigenvalue weighted by Crippen LogP contribution is 2.10. The van der Waals surface area contributed by atoms with Gasteiger partial charge in [0.1, 0.15) is 13.2 Å². The fourth-order valence-electron chi connectivity index (χ4n) is 6.72. The topological polar surface area (TPSA) is 78.9 Å². The summed E-state index contributed by atoms with van der Waals surface area (Å²) < 4.78 is 16.7. The summed E-state index contributed by atoms with van der Waals surface area (Å²) in [6.07, 6.45) is 88.9. The van der Waals surface area contributed by atoms with Gasteiger partial charge in [-0.25, -0.2) is 0 Å². The number of ether oxygens (including phenoxy) is 3. The molecule has 0 radical (unpaired) electrons. The van der Waals surface area contributed by atoms with Crippen molar-refractivity contribution in [3.63, 3.8) is 0 Å². The van der Waals surface area contributed by atoms with Crippen molar-refractivity contribution in [2.45, 2.75) is 207 Å². The van der Waals surface area contributed by atoms with E-state index in [1.807, 2.05) is 12.2 Å². The molecule has 0 aromatic carbocycles. The molecular weight excluding hydrogens is 901 g/mol. The lowest BCUT2D eigenvalue weighted by Crippen LogP contribution is -2.30. The van der Waals surface area contributed by atoms with Crippen molar-refractivity contribution < 1.29 is 28.6 Å². The zero-order valence-corrected chi connectivity index (χ0v) is 46.1. The summed E-state index contributed by atoms with van der Waals surface area (Å²) >= 11 is 0. The molecule has 0 N–H and O–H groups in total. The average molecular weight is 1000 g/mol. The average Bonchev–Trinajstić information content (AvgIpc) is 3.39. The van der Waals surface area contributed by atoms with Gasteiger partial charge in [-0.05, 0) is 141 Å². The Bertz CT molecular complexity index is 1770. The van der Waals surface area contributed by atoms with Crippen LogP contribution in [0.5, 0.6) is 0 Å². The summed E-state index contributed by atoms with van der Waals surface area (Å²) in [5.74, 6) is -1.14. The van der Waals surface area contributed by atoms with Gasteiger partial charge in [-0.3, -0.25) is 14.4 Å². The van der Waals surface area contributed by atoms with E-state index in [1.165, 1.54) is 25.7 Å². The van der Waals surface area contributed by atoms with E-state index < -0.39 is 12.1 Å². The second-order valence-electron chi connectivity index (χ2n) is 17.7. The Labute approximate surface area is 446 Å². The number of allylic oxidation sites excluding steroid dienone is 30. The van der Waals surface area contributed by atoms with Crippen molar-refractivity contribution in [1.82, 2.24) is 0 Å². The lowest BCUT2D eigenvalue weighted by atomic mass is 10.1. The molecule has 0 unspecified atom stereocenters. The predicted octanol–water partition coefficient (Wildman–Crippen LogP) is 19.3. The van der Waals surface area contributed by atoms with Crippen LogP contribution in [0.1, 0.15) is 201 Å². The van der Waals surface area contributed by atoms with Crippen LogP contribution >= 0.6 is 0 Å². The van der Waals surface area contributed by atoms with Gasteiger partial charge in [-0.2, -0.15) is 0 Å². The van der Waals surface area contributed by atoms with Gasteiger partial charge in [0.2, 0.25) is 0 Å². The van der Waals surface area contributed by atoms with Crippen molar-refractivity contribution >= 4 is 17.9 Å². The Hall–Kier alpha value is -5.49. The maximum atomic E-state index is 12.8. The molecule has 0 rings (SSSR count). The molecule has 0 saturated heterocycles. The summed E-state index contributed by atoms with van der Waals surface area (Å²) in [5, 5.41) is 0. The van der Waals surface area contributed by atoms with Crippen LogP contribution in [-0.2, 0) is 28.6 Å². The van der Waals surface area contributed by atoms with Crippen LogP contribution in [0.25, 0.3) is 0 Å². The number of carbonyl (C=O) groups is 3. The van der Waals surface area contributed by atoms with Crippen LogP contribution in [0.4, 0.5) is 0 Å². The number of hydrogen-bond donors (Lipinski definition) is 0. The first-order valence-corrected chi connectivity index (χ1v) is 28.3. The zero-order chi connectivity index (χ0) is 52.9. The summed E-state index contributed by atoms with van der Waals surface area (Å²) in [4.78, 5) is 38.1. The molecule has 0 aliphatic carbocycles. The molecule has 0 heterocycles. The molecule has 404 valence electrons. The van der Waals surface area contributed by atoms with E-state index in [0.29, 0.717) is 19.3 Å². The largest absolute Gasteiger partial charge is 0.462 e. The van der Waals surface area contributed by atoms with Crippen LogP contribution < -0.4 is 0 Å². The highest BCUT2D eigenvalue weighted by molar-refractivity contribution is 5.71. The van der Waals surface area contributed by atoms with Crippen molar-refractivity contribution in [3.8, 4) is 0 Å². The van der Waals surface area contributed by atoms with Crippen LogP contribution in [0.3, 0.4) is 0 Å². The molecular formula is C67H100O6. The SMILES string of the molecule is CC/C=C\C/C=C\C/C=C\C/C=C\C/C=C\CCCCCC(=O)OC[C@H](COC(=O)CC/C=C\C/C=C\C/C=C\C/C=C\C/C=C\CCCCC)OC(=O)CCC/C=C\C/C=C\C/C=C\C/C=C\C/C=C\CC. The fraction of sp³-hybridized carbons (Fsp3) is 0.507. The smallest absolute Gasteiger partial charge is 0.306 e. The minimum atomic E-state index is -0.863. The van der Waals surface area contributed by atoms with E-state index in [4.69, 9.17) is 14.2 Å². The molecule has 6 nitrogen and oxygen atoms in total. The van der Waals surface area contributed by atoms with Gasteiger partial charge in [0.05, 0.1) is 0 Å². The maximum absolute atomic E-state index is 12.8. The molecule has 0 aromatic heterocycles. The number of esters is 3. The van der Waals surface area contributed by atoms with E-state index in [1.54, 1.807) is 0 Å². The number of hydrogen-bond acceptors (Lipinski definition) is 6. The quantitative estimate of drug-likeness (QED) is 0.0262. The molecule has 0 saturated carbocycles. The second-order valence-corrected chi connectivity index (χ2v) is 17.7. The van der Waals surface area contributed by atoms with Crippen molar-refractivity contribution in [2.24, 2.45) is 0 Å². The van der Waals surface area contributed by atoms with Gasteiger partial charge < -0.3 is 14.2 Å². The first-order chi connectivity index (χ1) is 36.0. The molecule has 0 amide bonds. The standard InChI is InChI=1S/C67H100O6/c1-4-7-10-13-16-19-22-25-28-31-33-36-38-41-44-47-50-53-56-59-65(68)71-62-64(73-67(70)61-58-55-52-49-46-43-40-35-30-27-24-21-18-15-12-9-6-3)63-72-66(69)60-57-54-51-48-45-42-39-37-34-32-29-26-23-20-17-14-11-8-5-2/h7,9-10,12,16-21,25-30,33-34,36-37,40-45,49,51-52,54,64H,4-6,8,11,13-15,22-24,31-32,35,38-39,46-48,50,53,55-63H2,1-3H3/b10-7-,12-9-,19-16-,20-17-,21-18-,28-25-,29-26-,30-27-,36-33-,37-34-,43-40-,44-41-,45-42-,52-49-,54-51-/t64-/m1/s1. The van der Waals surface area contributed by atoms with E-state index >= 15 is 0 Å². The molecule has 1 atom stereocenters. The molecule has 0 aromatic rings. The van der Waals surface area contributed by atoms with Crippen LogP contribution in [-0.4, -0.2) is 37.2 Å². The second kappa shape index (κ2) is 59.1. The molecule has 6 heteroatoms.